The molecule has 1 saturated heterocycles. The van der Waals surface area contributed by atoms with Crippen LogP contribution in [-0.4, -0.2) is 65.7 Å². The largest absolute Gasteiger partial charge is 0.417 e. The zero-order valence-corrected chi connectivity index (χ0v) is 17.9. The first-order chi connectivity index (χ1) is 16.3. The molecule has 5 rings (SSSR count). The molecule has 1 saturated carbocycles. The Hall–Kier alpha value is -3.64. The van der Waals surface area contributed by atoms with E-state index in [1.807, 2.05) is 4.90 Å². The highest BCUT2D eigenvalue weighted by Gasteiger charge is 2.40. The number of anilines is 1. The van der Waals surface area contributed by atoms with Gasteiger partial charge in [-0.1, -0.05) is 0 Å². The highest BCUT2D eigenvalue weighted by molar-refractivity contribution is 5.92. The summed E-state index contributed by atoms with van der Waals surface area (Å²) in [6, 6.07) is 0.489. The number of alkyl halides is 3. The first-order valence-corrected chi connectivity index (χ1v) is 10.8. The molecule has 178 valence electrons. The molecule has 0 bridgehead atoms. The third kappa shape index (κ3) is 4.41. The van der Waals surface area contributed by atoms with Gasteiger partial charge in [0.15, 0.2) is 17.5 Å². The van der Waals surface area contributed by atoms with E-state index in [0.717, 1.165) is 12.8 Å². The van der Waals surface area contributed by atoms with Gasteiger partial charge in [-0.25, -0.2) is 29.0 Å². The minimum absolute atomic E-state index is 0.0921. The number of rotatable bonds is 5. The third-order valence-electron chi connectivity index (χ3n) is 5.99. The Morgan fingerprint density at radius 2 is 1.74 bits per heavy atom. The van der Waals surface area contributed by atoms with Gasteiger partial charge in [0.2, 0.25) is 0 Å². The van der Waals surface area contributed by atoms with Crippen LogP contribution in [-0.2, 0) is 6.18 Å². The molecule has 3 aromatic heterocycles. The number of piperidine rings is 1. The molecule has 3 aromatic rings. The number of carbonyl (C=O) groups excluding carboxylic acids is 1. The van der Waals surface area contributed by atoms with Gasteiger partial charge in [-0.15, -0.1) is 0 Å². The number of amides is 1. The van der Waals surface area contributed by atoms with E-state index < -0.39 is 17.6 Å². The van der Waals surface area contributed by atoms with E-state index in [1.165, 1.54) is 29.7 Å². The van der Waals surface area contributed by atoms with Crippen LogP contribution in [0.3, 0.4) is 0 Å². The molecular formula is C21H20F4N8O. The predicted molar refractivity (Wildman–Crippen MR) is 111 cm³/mol. The summed E-state index contributed by atoms with van der Waals surface area (Å²) >= 11 is 0. The van der Waals surface area contributed by atoms with Gasteiger partial charge in [-0.2, -0.15) is 18.3 Å². The number of pyridine rings is 1. The lowest BCUT2D eigenvalue weighted by molar-refractivity contribution is -0.138. The summed E-state index contributed by atoms with van der Waals surface area (Å²) in [7, 11) is 0. The minimum Gasteiger partial charge on any atom is -0.354 e. The molecule has 2 fully saturated rings. The van der Waals surface area contributed by atoms with E-state index in [9.17, 15) is 22.4 Å². The molecule has 2 aliphatic rings. The van der Waals surface area contributed by atoms with Crippen LogP contribution in [0.1, 0.15) is 41.7 Å². The van der Waals surface area contributed by atoms with Crippen molar-refractivity contribution in [1.29, 1.82) is 0 Å². The zero-order chi connectivity index (χ0) is 23.9. The standard InChI is InChI=1S/C21H20F4N8O/c22-16-7-13(21(23,24)25)8-29-19(16)31-5-3-15(4-6-31)33(14-1-2-14)20(34)17-9-28-18(10-27-17)32-12-26-11-30-32/h7-12,14-15H,1-6H2. The SMILES string of the molecule is O=C(c1cnc(-n2cncn2)cn1)N(C1CC1)C1CCN(c2ncc(C(F)(F)F)cc2F)CC1. The van der Waals surface area contributed by atoms with Gasteiger partial charge in [0.25, 0.3) is 5.91 Å². The van der Waals surface area contributed by atoms with Gasteiger partial charge in [0.1, 0.15) is 18.3 Å². The van der Waals surface area contributed by atoms with Crippen LogP contribution < -0.4 is 4.90 Å². The summed E-state index contributed by atoms with van der Waals surface area (Å²) in [6.45, 7) is 0.737. The highest BCUT2D eigenvalue weighted by atomic mass is 19.4. The Labute approximate surface area is 191 Å². The second-order valence-electron chi connectivity index (χ2n) is 8.29. The van der Waals surface area contributed by atoms with Crippen molar-refractivity contribution >= 4 is 11.7 Å². The number of hydrogen-bond donors (Lipinski definition) is 0. The maximum Gasteiger partial charge on any atom is 0.417 e. The summed E-state index contributed by atoms with van der Waals surface area (Å²) < 4.78 is 54.2. The summed E-state index contributed by atoms with van der Waals surface area (Å²) in [5.41, 5.74) is -0.904. The first kappa shape index (κ1) is 22.2. The smallest absolute Gasteiger partial charge is 0.354 e. The number of hydrogen-bond acceptors (Lipinski definition) is 7. The van der Waals surface area contributed by atoms with Crippen LogP contribution in [0.15, 0.2) is 37.3 Å². The third-order valence-corrected chi connectivity index (χ3v) is 5.99. The lowest BCUT2D eigenvalue weighted by Crippen LogP contribution is -2.49. The Balaban J connectivity index is 1.27. The minimum atomic E-state index is -4.65. The van der Waals surface area contributed by atoms with Crippen LogP contribution in [0, 0.1) is 5.82 Å². The molecule has 34 heavy (non-hydrogen) atoms. The second kappa shape index (κ2) is 8.61. The lowest BCUT2D eigenvalue weighted by atomic mass is 10.0. The average molecular weight is 476 g/mol. The molecule has 1 amide bonds. The average Bonchev–Trinajstić information content (AvgIpc) is 3.50. The summed E-state index contributed by atoms with van der Waals surface area (Å²) in [5.74, 6) is -0.903. The Kier molecular flexibility index (Phi) is 5.62. The normalized spacial score (nSPS) is 17.1. The van der Waals surface area contributed by atoms with Crippen molar-refractivity contribution in [2.75, 3.05) is 18.0 Å². The summed E-state index contributed by atoms with van der Waals surface area (Å²) in [5, 5.41) is 3.98. The number of carbonyl (C=O) groups is 1. The van der Waals surface area contributed by atoms with Crippen LogP contribution in [0.2, 0.25) is 0 Å². The molecule has 0 unspecified atom stereocenters. The van der Waals surface area contributed by atoms with Crippen molar-refractivity contribution in [3.05, 3.63) is 54.4 Å². The Morgan fingerprint density at radius 1 is 1.00 bits per heavy atom. The van der Waals surface area contributed by atoms with Crippen LogP contribution in [0.25, 0.3) is 5.82 Å². The van der Waals surface area contributed by atoms with Gasteiger partial charge in [0.05, 0.1) is 18.0 Å². The fraction of sp³-hybridized carbons (Fsp3) is 0.429. The molecule has 0 N–H and O–H groups in total. The molecule has 9 nitrogen and oxygen atoms in total. The monoisotopic (exact) mass is 476 g/mol. The summed E-state index contributed by atoms with van der Waals surface area (Å²) in [4.78, 5) is 32.8. The number of nitrogens with zero attached hydrogens (tertiary/aromatic N) is 8. The van der Waals surface area contributed by atoms with Crippen molar-refractivity contribution in [2.45, 2.75) is 43.9 Å². The molecular weight excluding hydrogens is 456 g/mol. The number of aromatic nitrogens is 6. The van der Waals surface area contributed by atoms with Crippen molar-refractivity contribution in [3.63, 3.8) is 0 Å². The molecule has 0 aromatic carbocycles. The zero-order valence-electron chi connectivity index (χ0n) is 17.9. The van der Waals surface area contributed by atoms with Crippen molar-refractivity contribution in [1.82, 2.24) is 34.6 Å². The maximum absolute atomic E-state index is 14.3. The van der Waals surface area contributed by atoms with Gasteiger partial charge >= 0.3 is 6.18 Å². The topological polar surface area (TPSA) is 92.9 Å². The van der Waals surface area contributed by atoms with E-state index in [-0.39, 0.29) is 29.5 Å². The fourth-order valence-corrected chi connectivity index (χ4v) is 4.17. The predicted octanol–water partition coefficient (Wildman–Crippen LogP) is 2.88. The highest BCUT2D eigenvalue weighted by Crippen LogP contribution is 2.35. The second-order valence-corrected chi connectivity index (χ2v) is 8.29. The molecule has 0 spiro atoms. The van der Waals surface area contributed by atoms with Crippen LogP contribution >= 0.6 is 0 Å². The van der Waals surface area contributed by atoms with E-state index in [1.54, 1.807) is 4.90 Å². The molecule has 0 atom stereocenters. The van der Waals surface area contributed by atoms with Gasteiger partial charge in [-0.05, 0) is 31.7 Å². The Morgan fingerprint density at radius 3 is 2.29 bits per heavy atom. The van der Waals surface area contributed by atoms with Crippen molar-refractivity contribution in [2.24, 2.45) is 0 Å². The molecule has 13 heteroatoms. The lowest BCUT2D eigenvalue weighted by Gasteiger charge is -2.39. The van der Waals surface area contributed by atoms with Crippen LogP contribution in [0.4, 0.5) is 23.4 Å². The van der Waals surface area contributed by atoms with E-state index in [2.05, 4.69) is 25.0 Å². The van der Waals surface area contributed by atoms with Crippen molar-refractivity contribution < 1.29 is 22.4 Å². The summed E-state index contributed by atoms with van der Waals surface area (Å²) in [6.07, 6.45) is 4.56. The van der Waals surface area contributed by atoms with E-state index in [0.29, 0.717) is 44.0 Å². The molecule has 0 radical (unpaired) electrons. The van der Waals surface area contributed by atoms with Crippen LogP contribution in [0.5, 0.6) is 0 Å². The maximum atomic E-state index is 14.3. The van der Waals surface area contributed by atoms with Gasteiger partial charge in [0, 0.05) is 31.4 Å². The molecule has 1 aliphatic carbocycles. The van der Waals surface area contributed by atoms with Crippen molar-refractivity contribution in [3.8, 4) is 5.82 Å². The van der Waals surface area contributed by atoms with Gasteiger partial charge in [-0.3, -0.25) is 4.79 Å². The Bertz CT molecular complexity index is 1160. The van der Waals surface area contributed by atoms with E-state index >= 15 is 0 Å². The molecule has 1 aliphatic heterocycles. The van der Waals surface area contributed by atoms with E-state index in [4.69, 9.17) is 0 Å². The van der Waals surface area contributed by atoms with Gasteiger partial charge < -0.3 is 9.80 Å². The quantitative estimate of drug-likeness (QED) is 0.523. The molecule has 4 heterocycles. The number of halogens is 4. The first-order valence-electron chi connectivity index (χ1n) is 10.8. The fourth-order valence-electron chi connectivity index (χ4n) is 4.17.